The maximum absolute atomic E-state index is 13.8. The molecule has 3 unspecified atom stereocenters. The van der Waals surface area contributed by atoms with E-state index in [9.17, 15) is 29.3 Å². The summed E-state index contributed by atoms with van der Waals surface area (Å²) in [6, 6.07) is 21.9. The predicted molar refractivity (Wildman–Crippen MR) is 149 cm³/mol. The molecule has 13 nitrogen and oxygen atoms in total. The molecule has 1 N–H and O–H groups in total. The molecule has 2 aliphatic heterocycles. The summed E-state index contributed by atoms with van der Waals surface area (Å²) in [4.78, 5) is 69.2. The standard InChI is InChI=1S/C29H25N3O10S/c33-25-15-24(43-22-9-5-2-6-10-22)29(42-25,27(35)39-16-20-11-13-21(14-12-20)32(37)38)31-26(34)23(18-41-31)30-28(36)40-17-19-7-3-1-4-8-19/h1-14,23-24H,15-18H2,(H,30,36). The number of nitrogens with zero attached hydrogens (tertiary/aromatic N) is 2. The Kier molecular flexibility index (Phi) is 8.87. The van der Waals surface area contributed by atoms with Gasteiger partial charge >= 0.3 is 23.8 Å². The van der Waals surface area contributed by atoms with Gasteiger partial charge in [-0.15, -0.1) is 11.8 Å². The maximum Gasteiger partial charge on any atom is 0.408 e. The van der Waals surface area contributed by atoms with Gasteiger partial charge in [0.05, 0.1) is 16.6 Å². The van der Waals surface area contributed by atoms with Crippen LogP contribution in [0.5, 0.6) is 0 Å². The molecule has 3 aromatic carbocycles. The van der Waals surface area contributed by atoms with Crippen molar-refractivity contribution in [3.8, 4) is 0 Å². The Hall–Kier alpha value is -4.95. The third-order valence-electron chi connectivity index (χ3n) is 6.56. The number of nitro groups is 1. The number of nitrogens with one attached hydrogen (secondary N) is 1. The number of esters is 2. The minimum atomic E-state index is -2.33. The fraction of sp³-hybridized carbons (Fsp3) is 0.241. The molecular weight excluding hydrogens is 582 g/mol. The third-order valence-corrected chi connectivity index (χ3v) is 7.88. The van der Waals surface area contributed by atoms with Crippen LogP contribution in [0.25, 0.3) is 0 Å². The molecule has 2 amide bonds. The van der Waals surface area contributed by atoms with E-state index in [4.69, 9.17) is 19.0 Å². The van der Waals surface area contributed by atoms with Gasteiger partial charge in [-0.2, -0.15) is 5.06 Å². The molecule has 0 spiro atoms. The quantitative estimate of drug-likeness (QED) is 0.155. The number of carbonyl (C=O) groups excluding carboxylic acids is 4. The Morgan fingerprint density at radius 2 is 1.58 bits per heavy atom. The van der Waals surface area contributed by atoms with E-state index >= 15 is 0 Å². The van der Waals surface area contributed by atoms with Crippen molar-refractivity contribution in [3.63, 3.8) is 0 Å². The van der Waals surface area contributed by atoms with Gasteiger partial charge in [-0.25, -0.2) is 9.59 Å². The summed E-state index contributed by atoms with van der Waals surface area (Å²) in [5.41, 5.74) is -1.32. The number of non-ortho nitro benzene ring substituents is 1. The number of ether oxygens (including phenoxy) is 3. The molecule has 0 aliphatic carbocycles. The number of carbonyl (C=O) groups is 4. The number of hydroxylamine groups is 2. The molecule has 2 heterocycles. The lowest BCUT2D eigenvalue weighted by Crippen LogP contribution is -2.61. The molecule has 3 aromatic rings. The normalized spacial score (nSPS) is 21.3. The van der Waals surface area contributed by atoms with Crippen molar-refractivity contribution in [1.29, 1.82) is 0 Å². The van der Waals surface area contributed by atoms with Crippen LogP contribution in [0.4, 0.5) is 10.5 Å². The number of alkyl carbamates (subject to hydrolysis) is 1. The lowest BCUT2D eigenvalue weighted by molar-refractivity contribution is -0.384. The van der Waals surface area contributed by atoms with Crippen molar-refractivity contribution in [2.45, 2.75) is 41.5 Å². The number of hydrogen-bond donors (Lipinski definition) is 1. The summed E-state index contributed by atoms with van der Waals surface area (Å²) < 4.78 is 16.3. The van der Waals surface area contributed by atoms with E-state index in [0.717, 1.165) is 17.3 Å². The summed E-state index contributed by atoms with van der Waals surface area (Å²) in [5, 5.41) is 13.1. The Labute approximate surface area is 249 Å². The van der Waals surface area contributed by atoms with Gasteiger partial charge in [0.2, 0.25) is 0 Å². The average Bonchev–Trinajstić information content (AvgIpc) is 3.54. The van der Waals surface area contributed by atoms with Crippen molar-refractivity contribution in [2.24, 2.45) is 0 Å². The molecule has 43 heavy (non-hydrogen) atoms. The van der Waals surface area contributed by atoms with E-state index in [1.54, 1.807) is 54.6 Å². The van der Waals surface area contributed by atoms with E-state index in [1.807, 2.05) is 6.07 Å². The highest BCUT2D eigenvalue weighted by molar-refractivity contribution is 8.00. The van der Waals surface area contributed by atoms with Gasteiger partial charge in [-0.3, -0.25) is 24.5 Å². The SMILES string of the molecule is O=C1CC(Sc2ccccc2)C(C(=O)OCc2ccc([N+](=O)[O-])cc2)(N2OCC(NC(=O)OCc3ccccc3)C2=O)O1. The highest BCUT2D eigenvalue weighted by Crippen LogP contribution is 2.44. The van der Waals surface area contributed by atoms with Gasteiger partial charge in [-0.1, -0.05) is 48.5 Å². The minimum Gasteiger partial charge on any atom is -0.456 e. The lowest BCUT2D eigenvalue weighted by atomic mass is 10.1. The first-order chi connectivity index (χ1) is 20.8. The van der Waals surface area contributed by atoms with Crippen molar-refractivity contribution in [1.82, 2.24) is 10.4 Å². The van der Waals surface area contributed by atoms with Gasteiger partial charge in [-0.05, 0) is 35.4 Å². The zero-order valence-corrected chi connectivity index (χ0v) is 23.3. The van der Waals surface area contributed by atoms with Gasteiger partial charge in [0, 0.05) is 17.0 Å². The Morgan fingerprint density at radius 1 is 0.953 bits per heavy atom. The van der Waals surface area contributed by atoms with Crippen molar-refractivity contribution < 1.29 is 43.1 Å². The zero-order valence-electron chi connectivity index (χ0n) is 22.5. The average molecular weight is 608 g/mol. The number of rotatable bonds is 10. The molecule has 14 heteroatoms. The van der Waals surface area contributed by atoms with Crippen molar-refractivity contribution in [2.75, 3.05) is 6.61 Å². The van der Waals surface area contributed by atoms with Crippen LogP contribution < -0.4 is 5.32 Å². The molecule has 222 valence electrons. The monoisotopic (exact) mass is 607 g/mol. The second-order valence-corrected chi connectivity index (χ2v) is 10.8. The van der Waals surface area contributed by atoms with Gasteiger partial charge in [0.1, 0.15) is 25.9 Å². The first-order valence-electron chi connectivity index (χ1n) is 13.0. The Balaban J connectivity index is 1.35. The highest BCUT2D eigenvalue weighted by Gasteiger charge is 2.66. The van der Waals surface area contributed by atoms with Crippen LogP contribution in [0.1, 0.15) is 17.5 Å². The van der Waals surface area contributed by atoms with Gasteiger partial charge in [0.15, 0.2) is 0 Å². The van der Waals surface area contributed by atoms with Crippen LogP contribution in [-0.2, 0) is 46.6 Å². The minimum absolute atomic E-state index is 0.0372. The molecular formula is C29H25N3O10S. The smallest absolute Gasteiger partial charge is 0.408 e. The number of thioether (sulfide) groups is 1. The number of nitro benzene ring substituents is 1. The summed E-state index contributed by atoms with van der Waals surface area (Å²) in [7, 11) is 0. The molecule has 0 radical (unpaired) electrons. The topological polar surface area (TPSA) is 164 Å². The molecule has 3 atom stereocenters. The summed E-state index contributed by atoms with van der Waals surface area (Å²) >= 11 is 1.12. The molecule has 2 saturated heterocycles. The van der Waals surface area contributed by atoms with E-state index in [2.05, 4.69) is 5.32 Å². The van der Waals surface area contributed by atoms with Crippen LogP contribution in [0, 0.1) is 10.1 Å². The molecule has 2 fully saturated rings. The number of cyclic esters (lactones) is 1. The van der Waals surface area contributed by atoms with Crippen LogP contribution in [0.2, 0.25) is 0 Å². The van der Waals surface area contributed by atoms with Crippen molar-refractivity contribution >= 4 is 41.4 Å². The highest BCUT2D eigenvalue weighted by atomic mass is 32.2. The fourth-order valence-corrected chi connectivity index (χ4v) is 5.71. The number of amides is 2. The van der Waals surface area contributed by atoms with Crippen LogP contribution in [0.15, 0.2) is 89.8 Å². The van der Waals surface area contributed by atoms with Crippen molar-refractivity contribution in [3.05, 3.63) is 106 Å². The number of benzene rings is 3. The first-order valence-corrected chi connectivity index (χ1v) is 13.9. The number of hydrogen-bond acceptors (Lipinski definition) is 11. The molecule has 0 saturated carbocycles. The molecule has 2 aliphatic rings. The molecule has 0 bridgehead atoms. The van der Waals surface area contributed by atoms with Gasteiger partial charge < -0.3 is 19.5 Å². The first kappa shape index (κ1) is 29.5. The Morgan fingerprint density at radius 3 is 2.26 bits per heavy atom. The van der Waals surface area contributed by atoms with Crippen LogP contribution >= 0.6 is 11.8 Å². The second kappa shape index (κ2) is 12.9. The van der Waals surface area contributed by atoms with E-state index in [0.29, 0.717) is 15.5 Å². The third kappa shape index (κ3) is 6.60. The fourth-order valence-electron chi connectivity index (χ4n) is 4.45. The predicted octanol–water partition coefficient (Wildman–Crippen LogP) is 3.51. The largest absolute Gasteiger partial charge is 0.456 e. The summed E-state index contributed by atoms with van der Waals surface area (Å²) in [6.45, 7) is -0.740. The summed E-state index contributed by atoms with van der Waals surface area (Å²) in [5.74, 6) is -2.71. The maximum atomic E-state index is 13.8. The van der Waals surface area contributed by atoms with Crippen LogP contribution in [0.3, 0.4) is 0 Å². The van der Waals surface area contributed by atoms with Crippen LogP contribution in [-0.4, -0.2) is 57.5 Å². The molecule has 5 rings (SSSR count). The molecule has 0 aromatic heterocycles. The van der Waals surface area contributed by atoms with E-state index < -0.39 is 45.9 Å². The van der Waals surface area contributed by atoms with E-state index in [-0.39, 0.29) is 31.9 Å². The van der Waals surface area contributed by atoms with Gasteiger partial charge in [0.25, 0.3) is 11.6 Å². The lowest BCUT2D eigenvalue weighted by Gasteiger charge is -2.36. The second-order valence-electron chi connectivity index (χ2n) is 9.48. The Bertz CT molecular complexity index is 1510. The zero-order chi connectivity index (χ0) is 30.4. The summed E-state index contributed by atoms with van der Waals surface area (Å²) in [6.07, 6.45) is -1.14. The van der Waals surface area contributed by atoms with E-state index in [1.165, 1.54) is 24.3 Å².